The van der Waals surface area contributed by atoms with E-state index in [9.17, 15) is 0 Å². The lowest BCUT2D eigenvalue weighted by molar-refractivity contribution is 0.719. The molecule has 2 N–H and O–H groups in total. The van der Waals surface area contributed by atoms with Crippen LogP contribution in [0.25, 0.3) is 11.4 Å². The number of nitrogen functional groups attached to an aromatic ring is 1. The lowest BCUT2D eigenvalue weighted by Crippen LogP contribution is -1.99. The molecule has 2 heterocycles. The van der Waals surface area contributed by atoms with Gasteiger partial charge in [-0.05, 0) is 18.6 Å². The van der Waals surface area contributed by atoms with Crippen LogP contribution in [0.5, 0.6) is 0 Å². The second kappa shape index (κ2) is 3.10. The summed E-state index contributed by atoms with van der Waals surface area (Å²) in [7, 11) is 1.81. The first kappa shape index (κ1) is 8.68. The van der Waals surface area contributed by atoms with Crippen molar-refractivity contribution in [3.8, 4) is 11.4 Å². The third-order valence-electron chi connectivity index (χ3n) is 2.01. The SMILES string of the molecule is Cc1cnc(-c2cnnn2C)c(N)c1. The van der Waals surface area contributed by atoms with Crippen molar-refractivity contribution in [2.75, 3.05) is 5.73 Å². The highest BCUT2D eigenvalue weighted by Crippen LogP contribution is 2.21. The second-order valence-corrected chi connectivity index (χ2v) is 3.19. The minimum Gasteiger partial charge on any atom is -0.397 e. The van der Waals surface area contributed by atoms with Crippen LogP contribution < -0.4 is 5.73 Å². The first-order valence-electron chi connectivity index (χ1n) is 4.25. The minimum absolute atomic E-state index is 0.649. The van der Waals surface area contributed by atoms with Crippen LogP contribution in [0.15, 0.2) is 18.5 Å². The van der Waals surface area contributed by atoms with Gasteiger partial charge in [0.05, 0.1) is 11.9 Å². The van der Waals surface area contributed by atoms with Gasteiger partial charge in [0.25, 0.3) is 0 Å². The molecule has 0 atom stereocenters. The lowest BCUT2D eigenvalue weighted by Gasteiger charge is -2.04. The number of pyridine rings is 1. The average molecular weight is 189 g/mol. The van der Waals surface area contributed by atoms with Crippen molar-refractivity contribution < 1.29 is 0 Å². The summed E-state index contributed by atoms with van der Waals surface area (Å²) in [5.41, 5.74) is 9.09. The van der Waals surface area contributed by atoms with Crippen molar-refractivity contribution in [1.82, 2.24) is 20.0 Å². The van der Waals surface area contributed by atoms with Gasteiger partial charge in [-0.2, -0.15) is 0 Å². The summed E-state index contributed by atoms with van der Waals surface area (Å²) in [4.78, 5) is 4.26. The summed E-state index contributed by atoms with van der Waals surface area (Å²) in [5, 5.41) is 7.61. The summed E-state index contributed by atoms with van der Waals surface area (Å²) in [6.45, 7) is 1.95. The molecule has 0 radical (unpaired) electrons. The van der Waals surface area contributed by atoms with E-state index in [1.165, 1.54) is 0 Å². The van der Waals surface area contributed by atoms with Gasteiger partial charge in [0.2, 0.25) is 0 Å². The molecule has 0 fully saturated rings. The Labute approximate surface area is 81.6 Å². The standard InChI is InChI=1S/C9H11N5/c1-6-3-7(10)9(11-4-6)8-5-12-13-14(8)2/h3-5H,10H2,1-2H3. The van der Waals surface area contributed by atoms with E-state index in [1.54, 1.807) is 17.1 Å². The molecule has 14 heavy (non-hydrogen) atoms. The Morgan fingerprint density at radius 3 is 2.71 bits per heavy atom. The molecule has 0 spiro atoms. The molecular weight excluding hydrogens is 178 g/mol. The fourth-order valence-electron chi connectivity index (χ4n) is 1.31. The molecule has 0 aliphatic rings. The van der Waals surface area contributed by atoms with E-state index in [4.69, 9.17) is 5.73 Å². The Kier molecular flexibility index (Phi) is 1.92. The van der Waals surface area contributed by atoms with E-state index in [0.29, 0.717) is 5.69 Å². The summed E-state index contributed by atoms with van der Waals surface area (Å²) >= 11 is 0. The Bertz CT molecular complexity index is 460. The number of rotatable bonds is 1. The van der Waals surface area contributed by atoms with E-state index in [2.05, 4.69) is 15.3 Å². The zero-order valence-corrected chi connectivity index (χ0v) is 8.10. The summed E-state index contributed by atoms with van der Waals surface area (Å²) in [5.74, 6) is 0. The first-order chi connectivity index (χ1) is 6.68. The van der Waals surface area contributed by atoms with Crippen molar-refractivity contribution in [1.29, 1.82) is 0 Å². The summed E-state index contributed by atoms with van der Waals surface area (Å²) < 4.78 is 1.65. The third kappa shape index (κ3) is 1.32. The topological polar surface area (TPSA) is 69.6 Å². The molecule has 5 nitrogen and oxygen atoms in total. The van der Waals surface area contributed by atoms with Crippen LogP contribution in [-0.4, -0.2) is 20.0 Å². The van der Waals surface area contributed by atoms with E-state index < -0.39 is 0 Å². The van der Waals surface area contributed by atoms with E-state index in [1.807, 2.05) is 20.0 Å². The number of anilines is 1. The molecule has 0 saturated carbocycles. The van der Waals surface area contributed by atoms with Gasteiger partial charge in [0.1, 0.15) is 11.4 Å². The van der Waals surface area contributed by atoms with Gasteiger partial charge in [0, 0.05) is 13.2 Å². The highest BCUT2D eigenvalue weighted by molar-refractivity contribution is 5.69. The highest BCUT2D eigenvalue weighted by atomic mass is 15.4. The zero-order valence-electron chi connectivity index (χ0n) is 8.10. The molecule has 0 amide bonds. The molecule has 0 bridgehead atoms. The van der Waals surface area contributed by atoms with Crippen LogP contribution in [0.1, 0.15) is 5.56 Å². The van der Waals surface area contributed by atoms with E-state index >= 15 is 0 Å². The van der Waals surface area contributed by atoms with Gasteiger partial charge in [0.15, 0.2) is 0 Å². The molecule has 2 rings (SSSR count). The van der Waals surface area contributed by atoms with E-state index in [-0.39, 0.29) is 0 Å². The maximum Gasteiger partial charge on any atom is 0.113 e. The Hall–Kier alpha value is -1.91. The van der Waals surface area contributed by atoms with Crippen molar-refractivity contribution in [3.63, 3.8) is 0 Å². The predicted molar refractivity (Wildman–Crippen MR) is 53.4 cm³/mol. The number of hydrogen-bond donors (Lipinski definition) is 1. The molecule has 72 valence electrons. The molecule has 0 unspecified atom stereocenters. The molecule has 0 aromatic carbocycles. The third-order valence-corrected chi connectivity index (χ3v) is 2.01. The fourth-order valence-corrected chi connectivity index (χ4v) is 1.31. The number of nitrogens with zero attached hydrogens (tertiary/aromatic N) is 4. The average Bonchev–Trinajstić information content (AvgIpc) is 2.52. The monoisotopic (exact) mass is 189 g/mol. The van der Waals surface area contributed by atoms with Gasteiger partial charge < -0.3 is 5.73 Å². The number of hydrogen-bond acceptors (Lipinski definition) is 4. The quantitative estimate of drug-likeness (QED) is 0.719. The van der Waals surface area contributed by atoms with Crippen molar-refractivity contribution in [2.24, 2.45) is 7.05 Å². The molecule has 0 saturated heterocycles. The van der Waals surface area contributed by atoms with Crippen molar-refractivity contribution in [2.45, 2.75) is 6.92 Å². The van der Waals surface area contributed by atoms with Crippen LogP contribution in [0, 0.1) is 6.92 Å². The van der Waals surface area contributed by atoms with Gasteiger partial charge >= 0.3 is 0 Å². The number of nitrogens with two attached hydrogens (primary N) is 1. The fraction of sp³-hybridized carbons (Fsp3) is 0.222. The molecule has 0 aliphatic heterocycles. The molecule has 2 aromatic heterocycles. The molecule has 2 aromatic rings. The molecule has 5 heteroatoms. The van der Waals surface area contributed by atoms with Crippen molar-refractivity contribution >= 4 is 5.69 Å². The Morgan fingerprint density at radius 2 is 2.14 bits per heavy atom. The second-order valence-electron chi connectivity index (χ2n) is 3.19. The summed E-state index contributed by atoms with van der Waals surface area (Å²) in [6.07, 6.45) is 3.42. The Morgan fingerprint density at radius 1 is 1.36 bits per heavy atom. The maximum absolute atomic E-state index is 5.85. The zero-order chi connectivity index (χ0) is 10.1. The molecule has 0 aliphatic carbocycles. The number of aromatic nitrogens is 4. The van der Waals surface area contributed by atoms with Crippen LogP contribution in [0.4, 0.5) is 5.69 Å². The van der Waals surface area contributed by atoms with Crippen molar-refractivity contribution in [3.05, 3.63) is 24.0 Å². The van der Waals surface area contributed by atoms with Gasteiger partial charge in [-0.15, -0.1) is 5.10 Å². The minimum atomic E-state index is 0.649. The smallest absolute Gasteiger partial charge is 0.113 e. The van der Waals surface area contributed by atoms with Crippen LogP contribution in [0.2, 0.25) is 0 Å². The predicted octanol–water partition coefficient (Wildman–Crippen LogP) is 0.768. The maximum atomic E-state index is 5.85. The van der Waals surface area contributed by atoms with Crippen LogP contribution >= 0.6 is 0 Å². The van der Waals surface area contributed by atoms with Crippen LogP contribution in [0.3, 0.4) is 0 Å². The van der Waals surface area contributed by atoms with Gasteiger partial charge in [-0.3, -0.25) is 4.98 Å². The van der Waals surface area contributed by atoms with E-state index in [0.717, 1.165) is 17.0 Å². The van der Waals surface area contributed by atoms with Gasteiger partial charge in [-0.1, -0.05) is 5.21 Å². The normalized spacial score (nSPS) is 10.4. The van der Waals surface area contributed by atoms with Crippen LogP contribution in [-0.2, 0) is 7.05 Å². The number of aryl methyl sites for hydroxylation is 2. The highest BCUT2D eigenvalue weighted by Gasteiger charge is 2.08. The lowest BCUT2D eigenvalue weighted by atomic mass is 10.2. The summed E-state index contributed by atoms with van der Waals surface area (Å²) in [6, 6.07) is 1.88. The van der Waals surface area contributed by atoms with Gasteiger partial charge in [-0.25, -0.2) is 4.68 Å². The first-order valence-corrected chi connectivity index (χ1v) is 4.25. The molecular formula is C9H11N5. The largest absolute Gasteiger partial charge is 0.397 e. The Balaban J connectivity index is 2.58.